The van der Waals surface area contributed by atoms with Gasteiger partial charge in [0.15, 0.2) is 6.10 Å². The lowest BCUT2D eigenvalue weighted by Gasteiger charge is -2.21. The third-order valence-corrected chi connectivity index (χ3v) is 5.05. The van der Waals surface area contributed by atoms with Crippen LogP contribution in [0.5, 0.6) is 0 Å². The number of carbonyl (C=O) groups is 2. The molecule has 0 radical (unpaired) electrons. The second-order valence-corrected chi connectivity index (χ2v) is 6.80. The molecule has 2 aromatic rings. The summed E-state index contributed by atoms with van der Waals surface area (Å²) in [6, 6.07) is 14.7. The van der Waals surface area contributed by atoms with Crippen LogP contribution in [-0.4, -0.2) is 37.3 Å². The maximum absolute atomic E-state index is 12.4. The lowest BCUT2D eigenvalue weighted by atomic mass is 10.2. The molecule has 6 heteroatoms. The largest absolute Gasteiger partial charge is 0.449 e. The molecule has 5 nitrogen and oxygen atoms in total. The zero-order valence-electron chi connectivity index (χ0n) is 16.2. The molecular formula is C21H26N2O3S. The molecule has 0 bridgehead atoms. The van der Waals surface area contributed by atoms with Crippen molar-refractivity contribution in [1.29, 1.82) is 0 Å². The van der Waals surface area contributed by atoms with E-state index in [-0.39, 0.29) is 5.91 Å². The quantitative estimate of drug-likeness (QED) is 0.537. The van der Waals surface area contributed by atoms with Crippen molar-refractivity contribution in [2.24, 2.45) is 0 Å². The van der Waals surface area contributed by atoms with Gasteiger partial charge >= 0.3 is 5.97 Å². The summed E-state index contributed by atoms with van der Waals surface area (Å²) in [6.07, 6.45) is 1.05. The number of nitrogens with one attached hydrogen (secondary N) is 1. The van der Waals surface area contributed by atoms with Crippen LogP contribution in [0, 0.1) is 0 Å². The van der Waals surface area contributed by atoms with E-state index in [0.717, 1.165) is 23.7 Å². The molecule has 144 valence electrons. The highest BCUT2D eigenvalue weighted by atomic mass is 32.2. The zero-order valence-corrected chi connectivity index (χ0v) is 17.0. The van der Waals surface area contributed by atoms with Gasteiger partial charge in [0.25, 0.3) is 5.91 Å². The molecule has 2 rings (SSSR count). The van der Waals surface area contributed by atoms with Crippen LogP contribution < -0.4 is 10.2 Å². The SMILES string of the molecule is CCN(CC)c1ccc(C(=O)O[C@H](C)C(=O)Nc2ccccc2SC)cc1. The Hall–Kier alpha value is -2.47. The standard InChI is InChI=1S/C21H26N2O3S/c1-5-23(6-2)17-13-11-16(12-14-17)21(25)26-15(3)20(24)22-18-9-7-8-10-19(18)27-4/h7-15H,5-6H2,1-4H3,(H,22,24)/t15-/m1/s1. The Morgan fingerprint density at radius 3 is 2.30 bits per heavy atom. The van der Waals surface area contributed by atoms with E-state index in [2.05, 4.69) is 24.1 Å². The van der Waals surface area contributed by atoms with Crippen molar-refractivity contribution in [3.63, 3.8) is 0 Å². The summed E-state index contributed by atoms with van der Waals surface area (Å²) >= 11 is 1.54. The third-order valence-electron chi connectivity index (χ3n) is 4.25. The topological polar surface area (TPSA) is 58.6 Å². The molecule has 0 aliphatic carbocycles. The lowest BCUT2D eigenvalue weighted by Crippen LogP contribution is -2.30. The van der Waals surface area contributed by atoms with Gasteiger partial charge in [0.05, 0.1) is 11.3 Å². The zero-order chi connectivity index (χ0) is 19.8. The van der Waals surface area contributed by atoms with Crippen LogP contribution in [0.1, 0.15) is 31.1 Å². The molecule has 1 amide bonds. The number of esters is 1. The van der Waals surface area contributed by atoms with Gasteiger partial charge in [-0.3, -0.25) is 4.79 Å². The normalized spacial score (nSPS) is 11.6. The molecule has 0 heterocycles. The molecule has 0 aliphatic heterocycles. The minimum Gasteiger partial charge on any atom is -0.449 e. The highest BCUT2D eigenvalue weighted by Crippen LogP contribution is 2.25. The summed E-state index contributed by atoms with van der Waals surface area (Å²) in [5.74, 6) is -0.869. The molecule has 1 N–H and O–H groups in total. The number of amides is 1. The van der Waals surface area contributed by atoms with E-state index >= 15 is 0 Å². The van der Waals surface area contributed by atoms with Crippen molar-refractivity contribution in [2.75, 3.05) is 29.6 Å². The van der Waals surface area contributed by atoms with Crippen LogP contribution in [0.25, 0.3) is 0 Å². The fraction of sp³-hybridized carbons (Fsp3) is 0.333. The molecule has 27 heavy (non-hydrogen) atoms. The maximum atomic E-state index is 12.4. The summed E-state index contributed by atoms with van der Waals surface area (Å²) in [7, 11) is 0. The summed E-state index contributed by atoms with van der Waals surface area (Å²) < 4.78 is 5.33. The van der Waals surface area contributed by atoms with Crippen molar-refractivity contribution < 1.29 is 14.3 Å². The Morgan fingerprint density at radius 2 is 1.70 bits per heavy atom. The fourth-order valence-corrected chi connectivity index (χ4v) is 3.22. The van der Waals surface area contributed by atoms with Gasteiger partial charge in [0.2, 0.25) is 0 Å². The number of para-hydroxylation sites is 1. The molecule has 1 atom stereocenters. The number of rotatable bonds is 8. The van der Waals surface area contributed by atoms with Crippen molar-refractivity contribution in [1.82, 2.24) is 0 Å². The molecule has 0 unspecified atom stereocenters. The van der Waals surface area contributed by atoms with Crippen LogP contribution in [0.4, 0.5) is 11.4 Å². The van der Waals surface area contributed by atoms with E-state index in [1.54, 1.807) is 30.8 Å². The average molecular weight is 387 g/mol. The van der Waals surface area contributed by atoms with Crippen molar-refractivity contribution in [3.8, 4) is 0 Å². The first-order valence-corrected chi connectivity index (χ1v) is 10.2. The van der Waals surface area contributed by atoms with Crippen molar-refractivity contribution in [2.45, 2.75) is 31.8 Å². The summed E-state index contributed by atoms with van der Waals surface area (Å²) in [5.41, 5.74) is 2.19. The van der Waals surface area contributed by atoms with Gasteiger partial charge in [0.1, 0.15) is 0 Å². The monoisotopic (exact) mass is 386 g/mol. The number of benzene rings is 2. The van der Waals surface area contributed by atoms with Crippen LogP contribution in [0.2, 0.25) is 0 Å². The molecule has 0 aliphatic rings. The second-order valence-electron chi connectivity index (χ2n) is 5.96. The number of carbonyl (C=O) groups excluding carboxylic acids is 2. The predicted octanol–water partition coefficient (Wildman–Crippen LogP) is 4.44. The predicted molar refractivity (Wildman–Crippen MR) is 112 cm³/mol. The Labute approximate surface area is 165 Å². The lowest BCUT2D eigenvalue weighted by molar-refractivity contribution is -0.123. The molecule has 0 saturated heterocycles. The molecule has 0 spiro atoms. The van der Waals surface area contributed by atoms with E-state index in [9.17, 15) is 9.59 Å². The smallest absolute Gasteiger partial charge is 0.338 e. The summed E-state index contributed by atoms with van der Waals surface area (Å²) in [6.45, 7) is 7.53. The molecule has 0 saturated carbocycles. The van der Waals surface area contributed by atoms with Gasteiger partial charge in [-0.15, -0.1) is 11.8 Å². The van der Waals surface area contributed by atoms with Gasteiger partial charge in [0, 0.05) is 23.7 Å². The Balaban J connectivity index is 1.99. The van der Waals surface area contributed by atoms with E-state index in [1.807, 2.05) is 42.7 Å². The van der Waals surface area contributed by atoms with Crippen molar-refractivity contribution >= 4 is 35.0 Å². The van der Waals surface area contributed by atoms with Crippen LogP contribution in [0.15, 0.2) is 53.4 Å². The van der Waals surface area contributed by atoms with Gasteiger partial charge in [-0.2, -0.15) is 0 Å². The maximum Gasteiger partial charge on any atom is 0.338 e. The minimum absolute atomic E-state index is 0.357. The summed E-state index contributed by atoms with van der Waals surface area (Å²) in [4.78, 5) is 27.8. The first-order valence-electron chi connectivity index (χ1n) is 9.00. The number of thioether (sulfide) groups is 1. The highest BCUT2D eigenvalue weighted by Gasteiger charge is 2.20. The van der Waals surface area contributed by atoms with Crippen molar-refractivity contribution in [3.05, 3.63) is 54.1 Å². The first kappa shape index (κ1) is 20.8. The van der Waals surface area contributed by atoms with Gasteiger partial charge in [-0.05, 0) is 63.4 Å². The van der Waals surface area contributed by atoms with E-state index in [0.29, 0.717) is 11.3 Å². The number of nitrogens with zero attached hydrogens (tertiary/aromatic N) is 1. The number of ether oxygens (including phenoxy) is 1. The van der Waals surface area contributed by atoms with Gasteiger partial charge < -0.3 is 15.0 Å². The third kappa shape index (κ3) is 5.50. The van der Waals surface area contributed by atoms with E-state index in [1.165, 1.54) is 0 Å². The Morgan fingerprint density at radius 1 is 1.07 bits per heavy atom. The minimum atomic E-state index is -0.894. The Kier molecular flexibility index (Phi) is 7.73. The second kappa shape index (κ2) is 10.0. The first-order chi connectivity index (χ1) is 13.0. The van der Waals surface area contributed by atoms with Gasteiger partial charge in [-0.25, -0.2) is 4.79 Å². The summed E-state index contributed by atoms with van der Waals surface area (Å²) in [5, 5.41) is 2.81. The molecular weight excluding hydrogens is 360 g/mol. The number of anilines is 2. The molecule has 2 aromatic carbocycles. The Bertz CT molecular complexity index is 773. The van der Waals surface area contributed by atoms with Crippen LogP contribution >= 0.6 is 11.8 Å². The highest BCUT2D eigenvalue weighted by molar-refractivity contribution is 7.98. The van der Waals surface area contributed by atoms with E-state index in [4.69, 9.17) is 4.74 Å². The van der Waals surface area contributed by atoms with E-state index < -0.39 is 12.1 Å². The molecule has 0 fully saturated rings. The number of hydrogen-bond acceptors (Lipinski definition) is 5. The average Bonchev–Trinajstić information content (AvgIpc) is 2.69. The molecule has 0 aromatic heterocycles. The number of hydrogen-bond donors (Lipinski definition) is 1. The van der Waals surface area contributed by atoms with Gasteiger partial charge in [-0.1, -0.05) is 12.1 Å². The fourth-order valence-electron chi connectivity index (χ4n) is 2.66. The van der Waals surface area contributed by atoms with Crippen LogP contribution in [0.3, 0.4) is 0 Å². The van der Waals surface area contributed by atoms with Crippen LogP contribution in [-0.2, 0) is 9.53 Å².